The second-order valence-electron chi connectivity index (χ2n) is 4.47. The van der Waals surface area contributed by atoms with Crippen molar-refractivity contribution in [2.45, 2.75) is 5.75 Å². The number of para-hydroxylation sites is 1. The maximum Gasteiger partial charge on any atom is 0.321 e. The molecule has 3 aromatic rings. The van der Waals surface area contributed by atoms with E-state index in [1.54, 1.807) is 6.20 Å². The molecule has 0 saturated heterocycles. The summed E-state index contributed by atoms with van der Waals surface area (Å²) < 4.78 is 6.59. The van der Waals surface area contributed by atoms with Crippen molar-refractivity contribution in [3.8, 4) is 5.69 Å². The first-order valence-corrected chi connectivity index (χ1v) is 7.66. The quantitative estimate of drug-likeness (QED) is 0.421. The van der Waals surface area contributed by atoms with E-state index in [-0.39, 0.29) is 11.1 Å². The van der Waals surface area contributed by atoms with Crippen molar-refractivity contribution < 1.29 is 14.3 Å². The van der Waals surface area contributed by atoms with E-state index in [0.717, 1.165) is 23.0 Å². The molecule has 0 aliphatic rings. The van der Waals surface area contributed by atoms with Crippen LogP contribution in [-0.4, -0.2) is 10.5 Å². The largest absolute Gasteiger partial charge is 0.854 e. The van der Waals surface area contributed by atoms with Gasteiger partial charge in [0.2, 0.25) is 11.0 Å². The molecule has 0 saturated carbocycles. The van der Waals surface area contributed by atoms with Crippen molar-refractivity contribution in [3.05, 3.63) is 72.4 Å². The molecule has 1 heterocycles. The van der Waals surface area contributed by atoms with Crippen molar-refractivity contribution >= 4 is 22.9 Å². The summed E-state index contributed by atoms with van der Waals surface area (Å²) in [6.07, 6.45) is 1.58. The highest BCUT2D eigenvalue weighted by atomic mass is 32.2. The van der Waals surface area contributed by atoms with Gasteiger partial charge in [0.15, 0.2) is 0 Å². The van der Waals surface area contributed by atoms with E-state index in [1.807, 2.05) is 60.7 Å². The lowest BCUT2D eigenvalue weighted by Crippen LogP contribution is -2.30. The van der Waals surface area contributed by atoms with Gasteiger partial charge in [-0.3, -0.25) is 4.52 Å². The van der Waals surface area contributed by atoms with Crippen LogP contribution in [0, 0.1) is 0 Å². The fraction of sp³-hybridized carbons (Fsp3) is 0.0625. The predicted molar refractivity (Wildman–Crippen MR) is 82.9 cm³/mol. The summed E-state index contributed by atoms with van der Waals surface area (Å²) in [4.78, 5) is 3.89. The van der Waals surface area contributed by atoms with Crippen LogP contribution in [0.2, 0.25) is 0 Å². The normalized spacial score (nSPS) is 11.5. The Bertz CT molecular complexity index is 757. The number of aliphatic imine (C=N–C) groups is 1. The number of hydrogen-bond donors (Lipinski definition) is 0. The fourth-order valence-electron chi connectivity index (χ4n) is 1.83. The molecular formula is C16H13N3O2S. The van der Waals surface area contributed by atoms with Crippen molar-refractivity contribution in [1.82, 2.24) is 5.27 Å². The molecule has 0 aliphatic carbocycles. The van der Waals surface area contributed by atoms with Crippen molar-refractivity contribution in [2.75, 3.05) is 0 Å². The Balaban J connectivity index is 1.66. The monoisotopic (exact) mass is 311 g/mol. The van der Waals surface area contributed by atoms with Crippen molar-refractivity contribution in [3.63, 3.8) is 0 Å². The standard InChI is InChI=1S/C16H13N3O2S/c20-16(22-12-13-7-3-1-4-8-13)17-15-11-19(18-21-15)14-9-5-2-6-10-14/h1-11H,12H2. The van der Waals surface area contributed by atoms with E-state index in [0.29, 0.717) is 5.75 Å². The van der Waals surface area contributed by atoms with Crippen LogP contribution in [0.15, 0.2) is 76.4 Å². The van der Waals surface area contributed by atoms with Crippen LogP contribution in [0.1, 0.15) is 5.56 Å². The summed E-state index contributed by atoms with van der Waals surface area (Å²) >= 11 is 1.13. The third kappa shape index (κ3) is 3.73. The first-order chi connectivity index (χ1) is 10.8. The highest BCUT2D eigenvalue weighted by Gasteiger charge is 2.13. The first kappa shape index (κ1) is 14.3. The molecule has 0 radical (unpaired) electrons. The van der Waals surface area contributed by atoms with Crippen LogP contribution < -0.4 is 9.79 Å². The van der Waals surface area contributed by atoms with Gasteiger partial charge in [-0.15, -0.1) is 11.8 Å². The fourth-order valence-corrected chi connectivity index (χ4v) is 2.47. The molecule has 2 aromatic carbocycles. The molecule has 3 rings (SSSR count). The van der Waals surface area contributed by atoms with E-state index in [1.165, 1.54) is 4.68 Å². The average Bonchev–Trinajstić information content (AvgIpc) is 3.03. The second-order valence-corrected chi connectivity index (χ2v) is 5.40. The lowest BCUT2D eigenvalue weighted by Gasteiger charge is -2.07. The van der Waals surface area contributed by atoms with E-state index < -0.39 is 0 Å². The molecule has 0 fully saturated rings. The van der Waals surface area contributed by atoms with E-state index in [9.17, 15) is 5.11 Å². The Morgan fingerprint density at radius 1 is 1.09 bits per heavy atom. The maximum atomic E-state index is 11.8. The molecule has 0 spiro atoms. The van der Waals surface area contributed by atoms with Crippen LogP contribution >= 0.6 is 11.8 Å². The number of thioether (sulfide) groups is 1. The smallest absolute Gasteiger partial charge is 0.321 e. The third-order valence-corrected chi connectivity index (χ3v) is 3.70. The minimum Gasteiger partial charge on any atom is -0.854 e. The lowest BCUT2D eigenvalue weighted by molar-refractivity contribution is -0.670. The SMILES string of the molecule is [O-]/C(=N\c1c[n+](-c2ccccc2)no1)SCc1ccccc1. The number of hydrogen-bond acceptors (Lipinski definition) is 5. The van der Waals surface area contributed by atoms with Gasteiger partial charge in [-0.25, -0.2) is 4.99 Å². The molecule has 5 nitrogen and oxygen atoms in total. The predicted octanol–water partition coefficient (Wildman–Crippen LogP) is 2.23. The molecule has 1 aromatic heterocycles. The van der Waals surface area contributed by atoms with Gasteiger partial charge in [-0.2, -0.15) is 0 Å². The van der Waals surface area contributed by atoms with Crippen molar-refractivity contribution in [2.24, 2.45) is 4.99 Å². The molecule has 0 aliphatic heterocycles. The zero-order valence-corrected chi connectivity index (χ0v) is 12.4. The van der Waals surface area contributed by atoms with Crippen LogP contribution in [0.5, 0.6) is 0 Å². The highest BCUT2D eigenvalue weighted by molar-refractivity contribution is 8.12. The van der Waals surface area contributed by atoms with Gasteiger partial charge in [0.1, 0.15) is 0 Å². The summed E-state index contributed by atoms with van der Waals surface area (Å²) in [6.45, 7) is 0. The molecule has 0 N–H and O–H groups in total. The average molecular weight is 311 g/mol. The molecular weight excluding hydrogens is 298 g/mol. The third-order valence-electron chi connectivity index (χ3n) is 2.88. The van der Waals surface area contributed by atoms with Gasteiger partial charge in [-0.05, 0) is 10.2 Å². The van der Waals surface area contributed by atoms with Crippen LogP contribution in [0.3, 0.4) is 0 Å². The summed E-state index contributed by atoms with van der Waals surface area (Å²) in [5.74, 6) is 0.769. The van der Waals surface area contributed by atoms with Crippen LogP contribution in [0.4, 0.5) is 5.88 Å². The summed E-state index contributed by atoms with van der Waals surface area (Å²) in [7, 11) is 0. The second kappa shape index (κ2) is 6.91. The Morgan fingerprint density at radius 2 is 1.77 bits per heavy atom. The minimum atomic E-state index is -0.305. The molecule has 0 atom stereocenters. The number of rotatable bonds is 4. The summed E-state index contributed by atoms with van der Waals surface area (Å²) in [6, 6.07) is 19.2. The van der Waals surface area contributed by atoms with Gasteiger partial charge >= 0.3 is 5.88 Å². The Kier molecular flexibility index (Phi) is 4.50. The zero-order chi connectivity index (χ0) is 15.2. The van der Waals surface area contributed by atoms with E-state index >= 15 is 0 Å². The molecule has 110 valence electrons. The molecule has 0 bridgehead atoms. The highest BCUT2D eigenvalue weighted by Crippen LogP contribution is 2.15. The zero-order valence-electron chi connectivity index (χ0n) is 11.6. The van der Waals surface area contributed by atoms with E-state index in [4.69, 9.17) is 4.52 Å². The minimum absolute atomic E-state index is 0.189. The van der Waals surface area contributed by atoms with Crippen LogP contribution in [0.25, 0.3) is 5.69 Å². The van der Waals surface area contributed by atoms with Gasteiger partial charge in [0, 0.05) is 23.1 Å². The topological polar surface area (TPSA) is 65.3 Å². The summed E-state index contributed by atoms with van der Waals surface area (Å²) in [5.41, 5.74) is 1.92. The van der Waals surface area contributed by atoms with Gasteiger partial charge in [0.05, 0.1) is 0 Å². The number of benzene rings is 2. The van der Waals surface area contributed by atoms with Crippen molar-refractivity contribution in [1.29, 1.82) is 0 Å². The van der Waals surface area contributed by atoms with Gasteiger partial charge < -0.3 is 5.11 Å². The molecule has 0 unspecified atom stereocenters. The number of aromatic nitrogens is 2. The Morgan fingerprint density at radius 3 is 2.50 bits per heavy atom. The van der Waals surface area contributed by atoms with Crippen LogP contribution in [-0.2, 0) is 5.75 Å². The Hall–Kier alpha value is -2.60. The Labute approximate surface area is 131 Å². The maximum absolute atomic E-state index is 11.8. The number of nitrogens with zero attached hydrogens (tertiary/aromatic N) is 3. The molecule has 0 amide bonds. The lowest BCUT2D eigenvalue weighted by atomic mass is 10.2. The first-order valence-electron chi connectivity index (χ1n) is 6.68. The van der Waals surface area contributed by atoms with Gasteiger partial charge in [0.25, 0.3) is 6.20 Å². The van der Waals surface area contributed by atoms with E-state index in [2.05, 4.69) is 10.3 Å². The molecule has 6 heteroatoms. The summed E-state index contributed by atoms with van der Waals surface area (Å²) in [5, 5.41) is 15.4. The molecule has 22 heavy (non-hydrogen) atoms. The van der Waals surface area contributed by atoms with Gasteiger partial charge in [-0.1, -0.05) is 48.5 Å².